The van der Waals surface area contributed by atoms with Gasteiger partial charge in [-0.15, -0.1) is 0 Å². The fourth-order valence-electron chi connectivity index (χ4n) is 1.22. The SMILES string of the molecule is CCOC(=O)CN(CC(=O)OCC)C(=O)C(C)N. The second kappa shape index (κ2) is 8.46. The van der Waals surface area contributed by atoms with Crippen molar-refractivity contribution in [2.75, 3.05) is 26.3 Å². The maximum Gasteiger partial charge on any atom is 0.325 e. The number of hydrogen-bond acceptors (Lipinski definition) is 6. The third-order valence-electron chi connectivity index (χ3n) is 1.95. The first-order valence-corrected chi connectivity index (χ1v) is 5.77. The van der Waals surface area contributed by atoms with Crippen molar-refractivity contribution in [3.05, 3.63) is 0 Å². The average Bonchev–Trinajstić information content (AvgIpc) is 2.27. The van der Waals surface area contributed by atoms with E-state index >= 15 is 0 Å². The van der Waals surface area contributed by atoms with Crippen molar-refractivity contribution in [3.63, 3.8) is 0 Å². The first kappa shape index (κ1) is 16.4. The van der Waals surface area contributed by atoms with Crippen molar-refractivity contribution in [1.82, 2.24) is 4.90 Å². The van der Waals surface area contributed by atoms with Crippen LogP contribution in [0.2, 0.25) is 0 Å². The van der Waals surface area contributed by atoms with Gasteiger partial charge in [0.2, 0.25) is 5.91 Å². The van der Waals surface area contributed by atoms with Gasteiger partial charge in [-0.25, -0.2) is 0 Å². The van der Waals surface area contributed by atoms with Crippen molar-refractivity contribution >= 4 is 17.8 Å². The molecule has 0 bridgehead atoms. The van der Waals surface area contributed by atoms with E-state index in [1.54, 1.807) is 13.8 Å². The molecule has 104 valence electrons. The third-order valence-corrected chi connectivity index (χ3v) is 1.95. The van der Waals surface area contributed by atoms with Gasteiger partial charge < -0.3 is 20.1 Å². The summed E-state index contributed by atoms with van der Waals surface area (Å²) in [5, 5.41) is 0. The highest BCUT2D eigenvalue weighted by Crippen LogP contribution is 1.97. The van der Waals surface area contributed by atoms with Gasteiger partial charge in [0.15, 0.2) is 0 Å². The van der Waals surface area contributed by atoms with Gasteiger partial charge in [-0.3, -0.25) is 14.4 Å². The lowest BCUT2D eigenvalue weighted by atomic mass is 10.3. The van der Waals surface area contributed by atoms with Crippen molar-refractivity contribution in [3.8, 4) is 0 Å². The predicted octanol–water partition coefficient (Wildman–Crippen LogP) is -0.712. The van der Waals surface area contributed by atoms with Crippen LogP contribution in [0.5, 0.6) is 0 Å². The Hall–Kier alpha value is -1.63. The zero-order chi connectivity index (χ0) is 14.1. The lowest BCUT2D eigenvalue weighted by molar-refractivity contribution is -0.154. The number of nitrogens with zero attached hydrogens (tertiary/aromatic N) is 1. The van der Waals surface area contributed by atoms with Gasteiger partial charge >= 0.3 is 11.9 Å². The van der Waals surface area contributed by atoms with Crippen LogP contribution < -0.4 is 5.73 Å². The molecule has 0 aliphatic carbocycles. The summed E-state index contributed by atoms with van der Waals surface area (Å²) in [6.07, 6.45) is 0. The molecule has 1 atom stereocenters. The average molecular weight is 260 g/mol. The number of rotatable bonds is 7. The van der Waals surface area contributed by atoms with E-state index in [1.807, 2.05) is 0 Å². The molecule has 1 amide bonds. The van der Waals surface area contributed by atoms with Crippen molar-refractivity contribution in [2.45, 2.75) is 26.8 Å². The minimum atomic E-state index is -0.797. The molecule has 1 unspecified atom stereocenters. The van der Waals surface area contributed by atoms with Gasteiger partial charge in [-0.2, -0.15) is 0 Å². The minimum absolute atomic E-state index is 0.207. The van der Waals surface area contributed by atoms with Crippen LogP contribution in [0.15, 0.2) is 0 Å². The highest BCUT2D eigenvalue weighted by molar-refractivity contribution is 5.88. The van der Waals surface area contributed by atoms with Crippen molar-refractivity contribution < 1.29 is 23.9 Å². The zero-order valence-electron chi connectivity index (χ0n) is 11.0. The van der Waals surface area contributed by atoms with E-state index in [2.05, 4.69) is 0 Å². The summed E-state index contributed by atoms with van der Waals surface area (Å²) in [6.45, 7) is 4.57. The van der Waals surface area contributed by atoms with E-state index < -0.39 is 23.9 Å². The van der Waals surface area contributed by atoms with Gasteiger partial charge in [0, 0.05) is 0 Å². The second-order valence-electron chi connectivity index (χ2n) is 3.59. The van der Waals surface area contributed by atoms with E-state index in [0.717, 1.165) is 4.90 Å². The van der Waals surface area contributed by atoms with E-state index in [1.165, 1.54) is 6.92 Å². The molecule has 0 heterocycles. The van der Waals surface area contributed by atoms with Gasteiger partial charge in [0.05, 0.1) is 19.3 Å². The molecule has 0 aliphatic heterocycles. The molecule has 18 heavy (non-hydrogen) atoms. The molecule has 7 heteroatoms. The van der Waals surface area contributed by atoms with Crippen LogP contribution in [0.3, 0.4) is 0 Å². The number of esters is 2. The number of carbonyl (C=O) groups excluding carboxylic acids is 3. The Bertz CT molecular complexity index is 284. The fraction of sp³-hybridized carbons (Fsp3) is 0.727. The smallest absolute Gasteiger partial charge is 0.325 e. The largest absolute Gasteiger partial charge is 0.465 e. The van der Waals surface area contributed by atoms with Crippen LogP contribution in [0, 0.1) is 0 Å². The number of amides is 1. The summed E-state index contributed by atoms with van der Waals surface area (Å²) >= 11 is 0. The molecule has 0 fully saturated rings. The Morgan fingerprint density at radius 2 is 1.44 bits per heavy atom. The summed E-state index contributed by atoms with van der Waals surface area (Å²) in [6, 6.07) is -0.797. The molecule has 2 N–H and O–H groups in total. The highest BCUT2D eigenvalue weighted by atomic mass is 16.5. The standard InChI is InChI=1S/C11H20N2O5/c1-4-17-9(14)6-13(11(16)8(3)12)7-10(15)18-5-2/h8H,4-7,12H2,1-3H3. The van der Waals surface area contributed by atoms with Crippen LogP contribution in [0.1, 0.15) is 20.8 Å². The monoisotopic (exact) mass is 260 g/mol. The first-order valence-electron chi connectivity index (χ1n) is 5.77. The van der Waals surface area contributed by atoms with Crippen LogP contribution >= 0.6 is 0 Å². The third kappa shape index (κ3) is 6.19. The minimum Gasteiger partial charge on any atom is -0.465 e. The zero-order valence-corrected chi connectivity index (χ0v) is 11.0. The quantitative estimate of drug-likeness (QED) is 0.607. The Kier molecular flexibility index (Phi) is 7.69. The Balaban J connectivity index is 4.57. The fourth-order valence-corrected chi connectivity index (χ4v) is 1.22. The van der Waals surface area contributed by atoms with E-state index in [-0.39, 0.29) is 26.3 Å². The summed E-state index contributed by atoms with van der Waals surface area (Å²) in [4.78, 5) is 35.4. The molecule has 0 aromatic heterocycles. The van der Waals surface area contributed by atoms with Crippen molar-refractivity contribution in [1.29, 1.82) is 0 Å². The van der Waals surface area contributed by atoms with Crippen LogP contribution in [0.25, 0.3) is 0 Å². The summed E-state index contributed by atoms with van der Waals surface area (Å²) in [7, 11) is 0. The normalized spacial score (nSPS) is 11.6. The van der Waals surface area contributed by atoms with Crippen LogP contribution in [-0.2, 0) is 23.9 Å². The Labute approximate surface area is 106 Å². The molecule has 0 saturated carbocycles. The molecule has 0 aromatic rings. The summed E-state index contributed by atoms with van der Waals surface area (Å²) in [5.74, 6) is -1.68. The van der Waals surface area contributed by atoms with Gasteiger partial charge in [-0.05, 0) is 20.8 Å². The molecular formula is C11H20N2O5. The van der Waals surface area contributed by atoms with Crippen molar-refractivity contribution in [2.24, 2.45) is 5.73 Å². The number of nitrogens with two attached hydrogens (primary N) is 1. The number of hydrogen-bond donors (Lipinski definition) is 1. The molecule has 0 saturated heterocycles. The van der Waals surface area contributed by atoms with Crippen LogP contribution in [-0.4, -0.2) is 55.1 Å². The Morgan fingerprint density at radius 1 is 1.06 bits per heavy atom. The summed E-state index contributed by atoms with van der Waals surface area (Å²) < 4.78 is 9.44. The van der Waals surface area contributed by atoms with Gasteiger partial charge in [-0.1, -0.05) is 0 Å². The molecule has 0 radical (unpaired) electrons. The maximum atomic E-state index is 11.7. The topological polar surface area (TPSA) is 98.9 Å². The van der Waals surface area contributed by atoms with E-state index in [0.29, 0.717) is 0 Å². The van der Waals surface area contributed by atoms with Gasteiger partial charge in [0.1, 0.15) is 13.1 Å². The lowest BCUT2D eigenvalue weighted by Gasteiger charge is -2.22. The lowest BCUT2D eigenvalue weighted by Crippen LogP contribution is -2.47. The van der Waals surface area contributed by atoms with Gasteiger partial charge in [0.25, 0.3) is 0 Å². The number of carbonyl (C=O) groups is 3. The summed E-state index contributed by atoms with van der Waals surface area (Å²) in [5.41, 5.74) is 5.44. The predicted molar refractivity (Wildman–Crippen MR) is 63.5 cm³/mol. The second-order valence-corrected chi connectivity index (χ2v) is 3.59. The maximum absolute atomic E-state index is 11.7. The molecule has 0 spiro atoms. The highest BCUT2D eigenvalue weighted by Gasteiger charge is 2.23. The Morgan fingerprint density at radius 3 is 1.72 bits per heavy atom. The van der Waals surface area contributed by atoms with E-state index in [4.69, 9.17) is 15.2 Å². The van der Waals surface area contributed by atoms with E-state index in [9.17, 15) is 14.4 Å². The molecule has 0 rings (SSSR count). The first-order chi connectivity index (χ1) is 8.42. The van der Waals surface area contributed by atoms with Crippen LogP contribution in [0.4, 0.5) is 0 Å². The molecule has 0 aliphatic rings. The number of ether oxygens (including phenoxy) is 2. The molecule has 0 aromatic carbocycles. The molecular weight excluding hydrogens is 240 g/mol. The molecule has 7 nitrogen and oxygen atoms in total.